The van der Waals surface area contributed by atoms with Crippen molar-refractivity contribution in [1.82, 2.24) is 10.6 Å². The van der Waals surface area contributed by atoms with Crippen LogP contribution < -0.4 is 26.2 Å². The molecule has 4 atom stereocenters. The van der Waals surface area contributed by atoms with Gasteiger partial charge in [-0.2, -0.15) is 0 Å². The SMILES string of the molecule is CC1CCNC1C(=O)Nc1ccc(CN(Cc2ccc(NC(=O)C3NCCC3C)cc2)c2ccc(F)cc2)cc1. The Labute approximate surface area is 235 Å². The number of nitrogens with zero attached hydrogens (tertiary/aromatic N) is 1. The Morgan fingerprint density at radius 1 is 0.725 bits per heavy atom. The van der Waals surface area contributed by atoms with Crippen LogP contribution in [0.2, 0.25) is 0 Å². The quantitative estimate of drug-likeness (QED) is 0.308. The van der Waals surface area contributed by atoms with Crippen LogP contribution in [0.5, 0.6) is 0 Å². The van der Waals surface area contributed by atoms with Gasteiger partial charge in [0.05, 0.1) is 12.1 Å². The summed E-state index contributed by atoms with van der Waals surface area (Å²) >= 11 is 0. The van der Waals surface area contributed by atoms with E-state index in [4.69, 9.17) is 0 Å². The number of rotatable bonds is 9. The molecule has 0 spiro atoms. The van der Waals surface area contributed by atoms with Crippen molar-refractivity contribution in [1.29, 1.82) is 0 Å². The van der Waals surface area contributed by atoms with Crippen LogP contribution >= 0.6 is 0 Å². The molecular formula is C32H38FN5O2. The third kappa shape index (κ3) is 6.87. The van der Waals surface area contributed by atoms with Gasteiger partial charge in [0.2, 0.25) is 11.8 Å². The average Bonchev–Trinajstić information content (AvgIpc) is 3.58. The summed E-state index contributed by atoms with van der Waals surface area (Å²) in [7, 11) is 0. The van der Waals surface area contributed by atoms with E-state index >= 15 is 0 Å². The van der Waals surface area contributed by atoms with Gasteiger partial charge in [-0.15, -0.1) is 0 Å². The second kappa shape index (κ2) is 12.6. The van der Waals surface area contributed by atoms with Gasteiger partial charge in [0.15, 0.2) is 0 Å². The maximum atomic E-state index is 13.7. The van der Waals surface area contributed by atoms with Crippen molar-refractivity contribution in [3.05, 3.63) is 89.7 Å². The number of hydrogen-bond acceptors (Lipinski definition) is 5. The van der Waals surface area contributed by atoms with Gasteiger partial charge < -0.3 is 26.2 Å². The van der Waals surface area contributed by atoms with Crippen LogP contribution in [0, 0.1) is 17.7 Å². The Balaban J connectivity index is 1.24. The summed E-state index contributed by atoms with van der Waals surface area (Å²) in [6.45, 7) is 7.12. The van der Waals surface area contributed by atoms with Crippen molar-refractivity contribution in [3.63, 3.8) is 0 Å². The molecule has 2 saturated heterocycles. The fourth-order valence-electron chi connectivity index (χ4n) is 5.53. The largest absolute Gasteiger partial charge is 0.363 e. The minimum atomic E-state index is -0.277. The summed E-state index contributed by atoms with van der Waals surface area (Å²) in [4.78, 5) is 27.4. The second-order valence-electron chi connectivity index (χ2n) is 11.1. The molecular weight excluding hydrogens is 505 g/mol. The van der Waals surface area contributed by atoms with Crippen LogP contribution in [0.1, 0.15) is 37.8 Å². The third-order valence-electron chi connectivity index (χ3n) is 8.01. The van der Waals surface area contributed by atoms with Crippen LogP contribution in [0.25, 0.3) is 0 Å². The molecule has 2 heterocycles. The molecule has 8 heteroatoms. The maximum Gasteiger partial charge on any atom is 0.241 e. The maximum absolute atomic E-state index is 13.7. The molecule has 2 aliphatic rings. The fourth-order valence-corrected chi connectivity index (χ4v) is 5.53. The highest BCUT2D eigenvalue weighted by Gasteiger charge is 2.30. The van der Waals surface area contributed by atoms with Gasteiger partial charge in [-0.1, -0.05) is 38.1 Å². The summed E-state index contributed by atoms with van der Waals surface area (Å²) < 4.78 is 13.7. The van der Waals surface area contributed by atoms with Gasteiger partial charge in [-0.3, -0.25) is 9.59 Å². The van der Waals surface area contributed by atoms with Gasteiger partial charge in [0.1, 0.15) is 5.82 Å². The monoisotopic (exact) mass is 543 g/mol. The standard InChI is InChI=1S/C32H38FN5O2/c1-21-15-17-34-29(21)31(39)36-26-9-3-23(4-10-26)19-38(28-13-7-25(33)8-14-28)20-24-5-11-27(12-6-24)37-32(40)30-22(2)16-18-35-30/h3-14,21-22,29-30,34-35H,15-20H2,1-2H3,(H,36,39)(H,37,40). The molecule has 2 aliphatic heterocycles. The van der Waals surface area contributed by atoms with Crippen LogP contribution in [0.15, 0.2) is 72.8 Å². The number of nitrogens with one attached hydrogen (secondary N) is 4. The molecule has 0 aromatic heterocycles. The molecule has 7 nitrogen and oxygen atoms in total. The van der Waals surface area contributed by atoms with Gasteiger partial charge in [0, 0.05) is 30.2 Å². The normalized spacial score (nSPS) is 22.2. The number of benzene rings is 3. The molecule has 210 valence electrons. The summed E-state index contributed by atoms with van der Waals surface area (Å²) in [5, 5.41) is 12.6. The molecule has 0 bridgehead atoms. The Morgan fingerprint density at radius 3 is 1.52 bits per heavy atom. The lowest BCUT2D eigenvalue weighted by Gasteiger charge is -2.26. The van der Waals surface area contributed by atoms with E-state index in [1.807, 2.05) is 48.5 Å². The van der Waals surface area contributed by atoms with Crippen molar-refractivity contribution >= 4 is 28.9 Å². The molecule has 0 aliphatic carbocycles. The molecule has 40 heavy (non-hydrogen) atoms. The molecule has 3 aromatic carbocycles. The first-order valence-electron chi connectivity index (χ1n) is 14.1. The van der Waals surface area contributed by atoms with E-state index in [2.05, 4.69) is 40.0 Å². The highest BCUT2D eigenvalue weighted by atomic mass is 19.1. The third-order valence-corrected chi connectivity index (χ3v) is 8.01. The van der Waals surface area contributed by atoms with Gasteiger partial charge >= 0.3 is 0 Å². The first kappa shape index (κ1) is 27.8. The van der Waals surface area contributed by atoms with Crippen LogP contribution in [-0.4, -0.2) is 37.0 Å². The van der Waals surface area contributed by atoms with E-state index in [0.29, 0.717) is 24.9 Å². The predicted molar refractivity (Wildman–Crippen MR) is 158 cm³/mol. The van der Waals surface area contributed by atoms with E-state index in [0.717, 1.165) is 54.1 Å². The summed E-state index contributed by atoms with van der Waals surface area (Å²) in [6, 6.07) is 21.9. The van der Waals surface area contributed by atoms with Crippen molar-refractivity contribution in [2.45, 2.75) is 51.9 Å². The lowest BCUT2D eigenvalue weighted by molar-refractivity contribution is -0.119. The number of carbonyl (C=O) groups excluding carboxylic acids is 2. The molecule has 2 amide bonds. The van der Waals surface area contributed by atoms with Crippen molar-refractivity contribution in [2.75, 3.05) is 28.6 Å². The highest BCUT2D eigenvalue weighted by Crippen LogP contribution is 2.24. The zero-order chi connectivity index (χ0) is 28.1. The molecule has 5 rings (SSSR count). The molecule has 4 N–H and O–H groups in total. The average molecular weight is 544 g/mol. The van der Waals surface area contributed by atoms with Crippen molar-refractivity contribution in [3.8, 4) is 0 Å². The number of anilines is 3. The van der Waals surface area contributed by atoms with Crippen molar-refractivity contribution in [2.24, 2.45) is 11.8 Å². The van der Waals surface area contributed by atoms with E-state index in [-0.39, 0.29) is 29.7 Å². The molecule has 0 saturated carbocycles. The molecule has 3 aromatic rings. The Kier molecular flexibility index (Phi) is 8.77. The summed E-state index contributed by atoms with van der Waals surface area (Å²) in [5.41, 5.74) is 4.57. The van der Waals surface area contributed by atoms with Crippen molar-refractivity contribution < 1.29 is 14.0 Å². The van der Waals surface area contributed by atoms with E-state index in [1.54, 1.807) is 12.1 Å². The van der Waals surface area contributed by atoms with Crippen LogP contribution in [-0.2, 0) is 22.7 Å². The van der Waals surface area contributed by atoms with Gasteiger partial charge in [-0.05, 0) is 97.4 Å². The topological polar surface area (TPSA) is 85.5 Å². The zero-order valence-corrected chi connectivity index (χ0v) is 23.1. The van der Waals surface area contributed by atoms with Gasteiger partial charge in [-0.25, -0.2) is 4.39 Å². The highest BCUT2D eigenvalue weighted by molar-refractivity contribution is 5.95. The van der Waals surface area contributed by atoms with E-state index in [9.17, 15) is 14.0 Å². The minimum absolute atomic E-state index is 0.000609. The zero-order valence-electron chi connectivity index (χ0n) is 23.1. The second-order valence-corrected chi connectivity index (χ2v) is 11.1. The number of hydrogen-bond donors (Lipinski definition) is 4. The van der Waals surface area contributed by atoms with E-state index in [1.165, 1.54) is 12.1 Å². The summed E-state index contributed by atoms with van der Waals surface area (Å²) in [6.07, 6.45) is 2.01. The lowest BCUT2D eigenvalue weighted by atomic mass is 10.0. The number of halogens is 1. The lowest BCUT2D eigenvalue weighted by Crippen LogP contribution is -2.39. The van der Waals surface area contributed by atoms with Crippen LogP contribution in [0.4, 0.5) is 21.5 Å². The Bertz CT molecular complexity index is 1220. The fraction of sp³-hybridized carbons (Fsp3) is 0.375. The molecule has 2 fully saturated rings. The first-order valence-corrected chi connectivity index (χ1v) is 14.1. The Hall–Kier alpha value is -3.75. The smallest absolute Gasteiger partial charge is 0.241 e. The number of carbonyl (C=O) groups is 2. The molecule has 0 radical (unpaired) electrons. The molecule has 4 unspecified atom stereocenters. The summed E-state index contributed by atoms with van der Waals surface area (Å²) in [5.74, 6) is 0.364. The Morgan fingerprint density at radius 2 is 1.15 bits per heavy atom. The number of amides is 2. The van der Waals surface area contributed by atoms with Crippen LogP contribution in [0.3, 0.4) is 0 Å². The minimum Gasteiger partial charge on any atom is -0.363 e. The first-order chi connectivity index (χ1) is 19.4. The van der Waals surface area contributed by atoms with Gasteiger partial charge in [0.25, 0.3) is 0 Å². The van der Waals surface area contributed by atoms with E-state index < -0.39 is 0 Å². The predicted octanol–water partition coefficient (Wildman–Crippen LogP) is 4.91.